The molecule has 2 amide bonds. The van der Waals surface area contributed by atoms with Gasteiger partial charge in [-0.1, -0.05) is 48.9 Å². The van der Waals surface area contributed by atoms with E-state index in [1.807, 2.05) is 36.4 Å². The van der Waals surface area contributed by atoms with E-state index < -0.39 is 0 Å². The van der Waals surface area contributed by atoms with Gasteiger partial charge in [-0.15, -0.1) is 0 Å². The molecule has 0 aliphatic heterocycles. The molecule has 1 saturated carbocycles. The van der Waals surface area contributed by atoms with Crippen LogP contribution < -0.4 is 10.6 Å². The fraction of sp³-hybridized carbons (Fsp3) is 0.250. The summed E-state index contributed by atoms with van der Waals surface area (Å²) in [6, 6.07) is 17.9. The lowest BCUT2D eigenvalue weighted by atomic mass is 9.99. The van der Waals surface area contributed by atoms with E-state index in [0.717, 1.165) is 48.0 Å². The molecule has 184 valence electrons. The first-order valence-electron chi connectivity index (χ1n) is 12.1. The molecule has 3 N–H and O–H groups in total. The number of amides is 2. The Morgan fingerprint density at radius 1 is 0.833 bits per heavy atom. The molecular weight excluding hydrogens is 495 g/mol. The third kappa shape index (κ3) is 5.55. The predicted molar refractivity (Wildman–Crippen MR) is 146 cm³/mol. The van der Waals surface area contributed by atoms with E-state index in [2.05, 4.69) is 20.6 Å². The summed E-state index contributed by atoms with van der Waals surface area (Å²) in [5, 5.41) is 6.69. The van der Waals surface area contributed by atoms with Gasteiger partial charge in [-0.2, -0.15) is 0 Å². The molecule has 1 fully saturated rings. The van der Waals surface area contributed by atoms with Crippen molar-refractivity contribution < 1.29 is 9.59 Å². The maximum atomic E-state index is 12.7. The molecule has 0 unspecified atom stereocenters. The van der Waals surface area contributed by atoms with Crippen molar-refractivity contribution in [1.29, 1.82) is 0 Å². The van der Waals surface area contributed by atoms with Gasteiger partial charge in [0.05, 0.1) is 21.6 Å². The van der Waals surface area contributed by atoms with Crippen LogP contribution in [0.5, 0.6) is 0 Å². The van der Waals surface area contributed by atoms with E-state index in [4.69, 9.17) is 23.2 Å². The highest BCUT2D eigenvalue weighted by molar-refractivity contribution is 6.37. The number of carbonyl (C=O) groups is 2. The molecule has 1 aromatic heterocycles. The van der Waals surface area contributed by atoms with Crippen LogP contribution in [0.1, 0.15) is 48.9 Å². The quantitative estimate of drug-likeness (QED) is 0.235. The third-order valence-electron chi connectivity index (χ3n) is 6.57. The minimum absolute atomic E-state index is 0.105. The average Bonchev–Trinajstić information content (AvgIpc) is 3.08. The number of hydrogen-bond donors (Lipinski definition) is 3. The highest BCUT2D eigenvalue weighted by Crippen LogP contribution is 2.27. The van der Waals surface area contributed by atoms with Gasteiger partial charge < -0.3 is 15.6 Å². The lowest BCUT2D eigenvalue weighted by molar-refractivity contribution is -0.120. The Bertz CT molecular complexity index is 1410. The fourth-order valence-electron chi connectivity index (χ4n) is 4.59. The second-order valence-electron chi connectivity index (χ2n) is 9.15. The van der Waals surface area contributed by atoms with Gasteiger partial charge in [0.1, 0.15) is 5.82 Å². The van der Waals surface area contributed by atoms with Crippen LogP contribution in [0, 0.1) is 5.92 Å². The fourth-order valence-corrected chi connectivity index (χ4v) is 5.09. The van der Waals surface area contributed by atoms with Crippen LogP contribution in [0.25, 0.3) is 22.4 Å². The van der Waals surface area contributed by atoms with Gasteiger partial charge in [-0.05, 0) is 73.5 Å². The summed E-state index contributed by atoms with van der Waals surface area (Å²) in [6.45, 7) is 0. The number of nitrogens with zero attached hydrogens (tertiary/aromatic N) is 1. The van der Waals surface area contributed by atoms with Gasteiger partial charge >= 0.3 is 0 Å². The minimum atomic E-state index is -0.322. The van der Waals surface area contributed by atoms with Gasteiger partial charge in [-0.25, -0.2) is 4.98 Å². The Morgan fingerprint density at radius 2 is 1.56 bits per heavy atom. The molecule has 0 bridgehead atoms. The average molecular weight is 521 g/mol. The number of H-pyrrole nitrogens is 1. The number of nitrogens with one attached hydrogen (secondary N) is 3. The third-order valence-corrected chi connectivity index (χ3v) is 7.12. The molecule has 0 radical (unpaired) electrons. The Hall–Kier alpha value is -3.35. The summed E-state index contributed by atoms with van der Waals surface area (Å²) >= 11 is 12.1. The monoisotopic (exact) mass is 520 g/mol. The Balaban J connectivity index is 1.28. The van der Waals surface area contributed by atoms with Gasteiger partial charge in [0, 0.05) is 27.9 Å². The zero-order chi connectivity index (χ0) is 25.1. The van der Waals surface area contributed by atoms with Gasteiger partial charge in [0.25, 0.3) is 5.91 Å². The SMILES string of the molecule is O=C(Nc1ccc2nc(-c3ccc(NC(=O)C4CCCCCC4)cc3)[nH]c2c1)c1ccc(Cl)cc1Cl. The van der Waals surface area contributed by atoms with Crippen LogP contribution in [0.3, 0.4) is 0 Å². The molecule has 3 aromatic carbocycles. The number of hydrogen-bond acceptors (Lipinski definition) is 3. The molecule has 1 aliphatic carbocycles. The number of halogens is 2. The standard InChI is InChI=1S/C28H26Cl2N4O2/c29-19-9-13-22(23(30)15-19)28(36)32-21-12-14-24-25(16-21)34-26(33-24)17-7-10-20(11-8-17)31-27(35)18-5-3-1-2-4-6-18/h7-16,18H,1-6H2,(H,31,35)(H,32,36)(H,33,34). The molecule has 0 spiro atoms. The molecule has 1 heterocycles. The van der Waals surface area contributed by atoms with E-state index in [1.165, 1.54) is 18.9 Å². The molecule has 8 heteroatoms. The highest BCUT2D eigenvalue weighted by Gasteiger charge is 2.20. The van der Waals surface area contributed by atoms with Crippen LogP contribution in [-0.4, -0.2) is 21.8 Å². The Morgan fingerprint density at radius 3 is 2.28 bits per heavy atom. The topological polar surface area (TPSA) is 86.9 Å². The van der Waals surface area contributed by atoms with E-state index in [0.29, 0.717) is 27.1 Å². The Labute approximate surface area is 219 Å². The zero-order valence-corrected chi connectivity index (χ0v) is 21.1. The molecular formula is C28H26Cl2N4O2. The van der Waals surface area contributed by atoms with Crippen molar-refractivity contribution in [1.82, 2.24) is 9.97 Å². The maximum Gasteiger partial charge on any atom is 0.257 e. The van der Waals surface area contributed by atoms with Gasteiger partial charge in [0.15, 0.2) is 0 Å². The molecule has 0 atom stereocenters. The largest absolute Gasteiger partial charge is 0.338 e. The first-order valence-corrected chi connectivity index (χ1v) is 12.9. The highest BCUT2D eigenvalue weighted by atomic mass is 35.5. The van der Waals surface area contributed by atoms with Crippen molar-refractivity contribution in [3.8, 4) is 11.4 Å². The maximum absolute atomic E-state index is 12.7. The van der Waals surface area contributed by atoms with E-state index >= 15 is 0 Å². The van der Waals surface area contributed by atoms with Gasteiger partial charge in [-0.3, -0.25) is 9.59 Å². The normalized spacial score (nSPS) is 14.4. The number of rotatable bonds is 5. The van der Waals surface area contributed by atoms with Crippen LogP contribution in [0.15, 0.2) is 60.7 Å². The lowest BCUT2D eigenvalue weighted by Gasteiger charge is -2.14. The molecule has 6 nitrogen and oxygen atoms in total. The molecule has 5 rings (SSSR count). The summed E-state index contributed by atoms with van der Waals surface area (Å²) in [5.74, 6) is 0.601. The number of anilines is 2. The first-order chi connectivity index (χ1) is 17.5. The van der Waals surface area contributed by atoms with E-state index in [1.54, 1.807) is 18.2 Å². The lowest BCUT2D eigenvalue weighted by Crippen LogP contribution is -2.22. The predicted octanol–water partition coefficient (Wildman–Crippen LogP) is 7.70. The first kappa shape index (κ1) is 24.3. The number of aromatic nitrogens is 2. The summed E-state index contributed by atoms with van der Waals surface area (Å²) in [4.78, 5) is 33.3. The second kappa shape index (κ2) is 10.7. The van der Waals surface area contributed by atoms with Crippen molar-refractivity contribution in [2.75, 3.05) is 10.6 Å². The summed E-state index contributed by atoms with van der Waals surface area (Å²) < 4.78 is 0. The smallest absolute Gasteiger partial charge is 0.257 e. The molecule has 4 aromatic rings. The Kier molecular flexibility index (Phi) is 7.25. The van der Waals surface area contributed by atoms with Gasteiger partial charge in [0.2, 0.25) is 5.91 Å². The van der Waals surface area contributed by atoms with Crippen molar-refractivity contribution in [2.45, 2.75) is 38.5 Å². The second-order valence-corrected chi connectivity index (χ2v) is 9.99. The molecule has 0 saturated heterocycles. The van der Waals surface area contributed by atoms with Crippen LogP contribution in [0.4, 0.5) is 11.4 Å². The van der Waals surface area contributed by atoms with Crippen LogP contribution in [0.2, 0.25) is 10.0 Å². The number of imidazole rings is 1. The van der Waals surface area contributed by atoms with Crippen LogP contribution >= 0.6 is 23.2 Å². The number of aromatic amines is 1. The zero-order valence-electron chi connectivity index (χ0n) is 19.6. The summed E-state index contributed by atoms with van der Waals surface area (Å²) in [5.41, 5.74) is 4.21. The van der Waals surface area contributed by atoms with E-state index in [9.17, 15) is 9.59 Å². The van der Waals surface area contributed by atoms with E-state index in [-0.39, 0.29) is 17.7 Å². The minimum Gasteiger partial charge on any atom is -0.338 e. The summed E-state index contributed by atoms with van der Waals surface area (Å²) in [6.07, 6.45) is 6.64. The van der Waals surface area contributed by atoms with Crippen molar-refractivity contribution >= 4 is 57.4 Å². The number of benzene rings is 3. The van der Waals surface area contributed by atoms with Crippen molar-refractivity contribution in [3.63, 3.8) is 0 Å². The van der Waals surface area contributed by atoms with Crippen LogP contribution in [-0.2, 0) is 4.79 Å². The summed E-state index contributed by atoms with van der Waals surface area (Å²) in [7, 11) is 0. The number of carbonyl (C=O) groups excluding carboxylic acids is 2. The van der Waals surface area contributed by atoms with Crippen molar-refractivity contribution in [2.24, 2.45) is 5.92 Å². The number of fused-ring (bicyclic) bond motifs is 1. The molecule has 36 heavy (non-hydrogen) atoms. The van der Waals surface area contributed by atoms with Crippen molar-refractivity contribution in [3.05, 3.63) is 76.3 Å². The molecule has 1 aliphatic rings.